The molecule has 0 aliphatic rings. The minimum absolute atomic E-state index is 0.740. The Bertz CT molecular complexity index is 531. The molecule has 0 saturated carbocycles. The highest BCUT2D eigenvalue weighted by molar-refractivity contribution is 6.31. The minimum Gasteiger partial charge on any atom is -0.316 e. The van der Waals surface area contributed by atoms with Crippen molar-refractivity contribution >= 4 is 11.6 Å². The molecule has 0 fully saturated rings. The number of hydrogen-bond donors (Lipinski definition) is 1. The number of para-hydroxylation sites is 1. The van der Waals surface area contributed by atoms with Gasteiger partial charge in [-0.15, -0.1) is 0 Å². The van der Waals surface area contributed by atoms with Crippen molar-refractivity contribution in [2.75, 3.05) is 7.05 Å². The van der Waals surface area contributed by atoms with Gasteiger partial charge in [-0.2, -0.15) is 5.10 Å². The summed E-state index contributed by atoms with van der Waals surface area (Å²) < 4.78 is 1.91. The van der Waals surface area contributed by atoms with Crippen LogP contribution in [0.4, 0.5) is 0 Å². The summed E-state index contributed by atoms with van der Waals surface area (Å²) in [5, 5.41) is 8.38. The quantitative estimate of drug-likeness (QED) is 0.907. The van der Waals surface area contributed by atoms with Crippen molar-refractivity contribution in [2.24, 2.45) is 0 Å². The van der Waals surface area contributed by atoms with E-state index >= 15 is 0 Å². The molecule has 0 radical (unpaired) electrons. The summed E-state index contributed by atoms with van der Waals surface area (Å²) in [6.07, 6.45) is 0. The third-order valence-electron chi connectivity index (χ3n) is 2.79. The molecule has 3 nitrogen and oxygen atoms in total. The molecule has 0 saturated heterocycles. The van der Waals surface area contributed by atoms with Gasteiger partial charge < -0.3 is 5.32 Å². The fourth-order valence-electron chi connectivity index (χ4n) is 1.92. The van der Waals surface area contributed by atoms with Crippen LogP contribution in [0.25, 0.3) is 5.69 Å². The first-order valence-electron chi connectivity index (χ1n) is 5.59. The van der Waals surface area contributed by atoms with Crippen LogP contribution >= 0.6 is 11.6 Å². The third-order valence-corrected chi connectivity index (χ3v) is 3.34. The van der Waals surface area contributed by atoms with Crippen LogP contribution in [0.15, 0.2) is 24.3 Å². The third kappa shape index (κ3) is 2.21. The van der Waals surface area contributed by atoms with E-state index in [1.165, 1.54) is 5.56 Å². The van der Waals surface area contributed by atoms with E-state index in [9.17, 15) is 0 Å². The average molecular weight is 250 g/mol. The van der Waals surface area contributed by atoms with Crippen molar-refractivity contribution in [3.05, 3.63) is 46.2 Å². The second-order valence-electron chi connectivity index (χ2n) is 4.06. The van der Waals surface area contributed by atoms with E-state index in [0.717, 1.165) is 28.6 Å². The Morgan fingerprint density at radius 3 is 2.59 bits per heavy atom. The van der Waals surface area contributed by atoms with Gasteiger partial charge in [-0.1, -0.05) is 29.8 Å². The highest BCUT2D eigenvalue weighted by Gasteiger charge is 2.12. The Balaban J connectivity index is 2.56. The number of rotatable bonds is 3. The molecule has 0 aliphatic heterocycles. The lowest BCUT2D eigenvalue weighted by atomic mass is 10.1. The van der Waals surface area contributed by atoms with Crippen LogP contribution in [-0.4, -0.2) is 16.8 Å². The fourth-order valence-corrected chi connectivity index (χ4v) is 2.03. The second-order valence-corrected chi connectivity index (χ2v) is 4.43. The van der Waals surface area contributed by atoms with Crippen molar-refractivity contribution in [3.63, 3.8) is 0 Å². The zero-order chi connectivity index (χ0) is 12.4. The van der Waals surface area contributed by atoms with Crippen molar-refractivity contribution in [1.29, 1.82) is 0 Å². The first kappa shape index (κ1) is 12.1. The first-order valence-corrected chi connectivity index (χ1v) is 5.97. The van der Waals surface area contributed by atoms with E-state index in [2.05, 4.69) is 22.5 Å². The topological polar surface area (TPSA) is 29.9 Å². The molecular weight excluding hydrogens is 234 g/mol. The van der Waals surface area contributed by atoms with Gasteiger partial charge in [0.2, 0.25) is 0 Å². The number of nitrogens with zero attached hydrogens (tertiary/aromatic N) is 2. The summed E-state index contributed by atoms with van der Waals surface area (Å²) >= 11 is 6.18. The molecule has 2 rings (SSSR count). The Labute approximate surface area is 106 Å². The Hall–Kier alpha value is -1.32. The number of benzene rings is 1. The van der Waals surface area contributed by atoms with Gasteiger partial charge in [-0.05, 0) is 32.5 Å². The van der Waals surface area contributed by atoms with Gasteiger partial charge in [0.05, 0.1) is 22.1 Å². The molecule has 0 amide bonds. The summed E-state index contributed by atoms with van der Waals surface area (Å²) in [6.45, 7) is 4.72. The van der Waals surface area contributed by atoms with E-state index in [0.29, 0.717) is 0 Å². The lowest BCUT2D eigenvalue weighted by molar-refractivity contribution is 0.775. The van der Waals surface area contributed by atoms with E-state index < -0.39 is 0 Å². The van der Waals surface area contributed by atoms with Crippen LogP contribution < -0.4 is 5.32 Å². The molecule has 0 bridgehead atoms. The number of aryl methyl sites for hydroxylation is 1. The van der Waals surface area contributed by atoms with Gasteiger partial charge >= 0.3 is 0 Å². The Kier molecular flexibility index (Phi) is 3.50. The maximum absolute atomic E-state index is 6.18. The molecule has 0 unspecified atom stereocenters. The lowest BCUT2D eigenvalue weighted by Crippen LogP contribution is -2.10. The maximum Gasteiger partial charge on any atom is 0.0848 e. The molecule has 1 aromatic heterocycles. The van der Waals surface area contributed by atoms with Gasteiger partial charge in [0, 0.05) is 6.54 Å². The summed E-state index contributed by atoms with van der Waals surface area (Å²) in [7, 11) is 1.94. The van der Waals surface area contributed by atoms with E-state index in [1.807, 2.05) is 37.7 Å². The molecule has 2 aromatic rings. The van der Waals surface area contributed by atoms with E-state index in [4.69, 9.17) is 11.6 Å². The minimum atomic E-state index is 0.740. The van der Waals surface area contributed by atoms with Crippen LogP contribution in [0.1, 0.15) is 17.0 Å². The largest absolute Gasteiger partial charge is 0.316 e. The summed E-state index contributed by atoms with van der Waals surface area (Å²) in [5.41, 5.74) is 4.13. The van der Waals surface area contributed by atoms with Crippen molar-refractivity contribution < 1.29 is 0 Å². The molecular formula is C13H16ClN3. The number of halogens is 1. The lowest BCUT2D eigenvalue weighted by Gasteiger charge is -2.10. The van der Waals surface area contributed by atoms with E-state index in [-0.39, 0.29) is 0 Å². The smallest absolute Gasteiger partial charge is 0.0848 e. The van der Waals surface area contributed by atoms with E-state index in [1.54, 1.807) is 0 Å². The summed E-state index contributed by atoms with van der Waals surface area (Å²) in [5.74, 6) is 0. The Morgan fingerprint density at radius 1 is 1.29 bits per heavy atom. The molecule has 90 valence electrons. The highest BCUT2D eigenvalue weighted by atomic mass is 35.5. The molecule has 17 heavy (non-hydrogen) atoms. The zero-order valence-electron chi connectivity index (χ0n) is 10.3. The van der Waals surface area contributed by atoms with Crippen molar-refractivity contribution in [2.45, 2.75) is 20.4 Å². The zero-order valence-corrected chi connectivity index (χ0v) is 11.0. The number of nitrogens with one attached hydrogen (secondary N) is 1. The van der Waals surface area contributed by atoms with Crippen LogP contribution in [0.5, 0.6) is 0 Å². The average Bonchev–Trinajstić information content (AvgIpc) is 2.58. The second kappa shape index (κ2) is 4.90. The van der Waals surface area contributed by atoms with Gasteiger partial charge in [0.1, 0.15) is 0 Å². The van der Waals surface area contributed by atoms with Crippen LogP contribution in [0, 0.1) is 13.8 Å². The molecule has 0 aliphatic carbocycles. The summed E-state index contributed by atoms with van der Waals surface area (Å²) in [4.78, 5) is 0. The van der Waals surface area contributed by atoms with Gasteiger partial charge in [-0.3, -0.25) is 0 Å². The van der Waals surface area contributed by atoms with Gasteiger partial charge in [0.25, 0.3) is 0 Å². The van der Waals surface area contributed by atoms with Crippen molar-refractivity contribution in [3.8, 4) is 5.69 Å². The molecule has 1 heterocycles. The number of aromatic nitrogens is 2. The monoisotopic (exact) mass is 249 g/mol. The van der Waals surface area contributed by atoms with Crippen LogP contribution in [-0.2, 0) is 6.54 Å². The fraction of sp³-hybridized carbons (Fsp3) is 0.308. The standard InChI is InChI=1S/C13H16ClN3/c1-9-13(14)10(2)17(16-9)12-7-5-4-6-11(12)8-15-3/h4-7,15H,8H2,1-3H3. The van der Waals surface area contributed by atoms with Crippen LogP contribution in [0.2, 0.25) is 5.02 Å². The molecule has 1 aromatic carbocycles. The Morgan fingerprint density at radius 2 is 2.00 bits per heavy atom. The predicted molar refractivity (Wildman–Crippen MR) is 70.8 cm³/mol. The SMILES string of the molecule is CNCc1ccccc1-n1nc(C)c(Cl)c1C. The maximum atomic E-state index is 6.18. The summed E-state index contributed by atoms with van der Waals surface area (Å²) in [6, 6.07) is 8.20. The first-order chi connectivity index (χ1) is 8.15. The number of hydrogen-bond acceptors (Lipinski definition) is 2. The van der Waals surface area contributed by atoms with Gasteiger partial charge in [0.15, 0.2) is 0 Å². The molecule has 4 heteroatoms. The highest BCUT2D eigenvalue weighted by Crippen LogP contribution is 2.24. The molecule has 0 spiro atoms. The molecule has 1 N–H and O–H groups in total. The van der Waals surface area contributed by atoms with Crippen molar-refractivity contribution in [1.82, 2.24) is 15.1 Å². The predicted octanol–water partition coefficient (Wildman–Crippen LogP) is 2.86. The van der Waals surface area contributed by atoms with Crippen LogP contribution in [0.3, 0.4) is 0 Å². The molecule has 0 atom stereocenters. The van der Waals surface area contributed by atoms with Gasteiger partial charge in [-0.25, -0.2) is 4.68 Å². The normalized spacial score (nSPS) is 10.8.